The van der Waals surface area contributed by atoms with Gasteiger partial charge in [0.2, 0.25) is 0 Å². The summed E-state index contributed by atoms with van der Waals surface area (Å²) in [5.41, 5.74) is 6.53. The number of aromatic nitrogens is 2. The fourth-order valence-electron chi connectivity index (χ4n) is 6.54. The third-order valence-electron chi connectivity index (χ3n) is 8.60. The van der Waals surface area contributed by atoms with Crippen molar-refractivity contribution in [2.75, 3.05) is 0 Å². The maximum atomic E-state index is 8.76. The zero-order valence-corrected chi connectivity index (χ0v) is 24.9. The molecule has 0 unspecified atom stereocenters. The fraction of sp³-hybridized carbons (Fsp3) is 0. The van der Waals surface area contributed by atoms with Gasteiger partial charge in [0, 0.05) is 11.3 Å². The van der Waals surface area contributed by atoms with Crippen molar-refractivity contribution in [3.05, 3.63) is 182 Å². The first-order chi connectivity index (χ1) is 27.5. The lowest BCUT2D eigenvalue weighted by molar-refractivity contribution is 1.10. The molecule has 220 valence electrons. The summed E-state index contributed by atoms with van der Waals surface area (Å²) in [6.45, 7) is 0. The van der Waals surface area contributed by atoms with E-state index in [0.717, 1.165) is 43.8 Å². The summed E-state index contributed by atoms with van der Waals surface area (Å²) in [7, 11) is 0. The Bertz CT molecular complexity index is 3000. The van der Waals surface area contributed by atoms with Crippen LogP contribution >= 0.6 is 0 Å². The predicted octanol–water partition coefficient (Wildman–Crippen LogP) is 12.0. The molecular formula is C45H30N2. The average Bonchev–Trinajstić information content (AvgIpc) is 3.62. The number of benzene rings is 8. The summed E-state index contributed by atoms with van der Waals surface area (Å²) in [5.74, 6) is 0.443. The predicted molar refractivity (Wildman–Crippen MR) is 198 cm³/mol. The molecule has 0 atom stereocenters. The average molecular weight is 609 g/mol. The van der Waals surface area contributed by atoms with Gasteiger partial charge in [-0.25, -0.2) is 4.98 Å². The van der Waals surface area contributed by atoms with Crippen molar-refractivity contribution >= 4 is 32.6 Å². The highest BCUT2D eigenvalue weighted by Crippen LogP contribution is 2.44. The van der Waals surface area contributed by atoms with Crippen LogP contribution in [0.4, 0.5) is 0 Å². The Labute approximate surface area is 287 Å². The van der Waals surface area contributed by atoms with Gasteiger partial charge >= 0.3 is 0 Å². The van der Waals surface area contributed by atoms with Crippen molar-refractivity contribution in [3.8, 4) is 50.5 Å². The summed E-state index contributed by atoms with van der Waals surface area (Å²) in [6.07, 6.45) is 0. The van der Waals surface area contributed by atoms with Crippen molar-refractivity contribution in [2.24, 2.45) is 0 Å². The molecule has 0 fully saturated rings. The standard InChI is InChI=1S/C45H30N2/c1-3-13-31(14-4-1)32-23-25-33(26-24-32)43-37-17-7-9-19-39(37)44(40-20-10-8-18-38(40)43)34-27-29-35(30-28-34)45-46-41-21-11-12-22-42(41)47(45)36-15-5-2-6-16-36/h1-30H/i1D,2D,3D,4D,5D,6D,13D,14D,15D,16D. The van der Waals surface area contributed by atoms with Crippen LogP contribution in [0.15, 0.2) is 182 Å². The number of hydrogen-bond donors (Lipinski definition) is 0. The topological polar surface area (TPSA) is 17.8 Å². The maximum Gasteiger partial charge on any atom is 0.145 e. The van der Waals surface area contributed by atoms with Crippen molar-refractivity contribution in [2.45, 2.75) is 0 Å². The van der Waals surface area contributed by atoms with Crippen LogP contribution in [0.25, 0.3) is 83.0 Å². The Hall–Kier alpha value is -6.25. The molecule has 9 rings (SSSR count). The highest BCUT2D eigenvalue weighted by atomic mass is 15.1. The highest BCUT2D eigenvalue weighted by Gasteiger charge is 2.18. The first-order valence-electron chi connectivity index (χ1n) is 20.2. The van der Waals surface area contributed by atoms with Crippen LogP contribution in [-0.2, 0) is 0 Å². The molecule has 0 radical (unpaired) electrons. The van der Waals surface area contributed by atoms with Crippen molar-refractivity contribution in [3.63, 3.8) is 0 Å². The zero-order valence-electron chi connectivity index (χ0n) is 34.9. The van der Waals surface area contributed by atoms with Crippen LogP contribution in [0.5, 0.6) is 0 Å². The van der Waals surface area contributed by atoms with E-state index in [2.05, 4.69) is 24.3 Å². The van der Waals surface area contributed by atoms with Gasteiger partial charge in [0.1, 0.15) is 5.82 Å². The van der Waals surface area contributed by atoms with E-state index in [1.807, 2.05) is 84.9 Å². The molecule has 2 heteroatoms. The Balaban J connectivity index is 1.20. The second kappa shape index (κ2) is 11.3. The number of imidazole rings is 1. The van der Waals surface area contributed by atoms with E-state index in [1.165, 1.54) is 0 Å². The SMILES string of the molecule is [2H]c1c([2H])c([2H])c(-c2ccc(-c3c4ccccc4c(-c4ccc(-c5nc6ccccc6n5-c5c([2H])c([2H])c([2H])c([2H])c5[2H])cc4)c4ccccc34)cc2)c([2H])c1[2H]. The van der Waals surface area contributed by atoms with Crippen LogP contribution in [-0.4, -0.2) is 9.55 Å². The van der Waals surface area contributed by atoms with Crippen LogP contribution in [0.2, 0.25) is 0 Å². The molecule has 0 aliphatic carbocycles. The van der Waals surface area contributed by atoms with E-state index < -0.39 is 24.2 Å². The summed E-state index contributed by atoms with van der Waals surface area (Å²) in [4.78, 5) is 4.90. The molecular weight excluding hydrogens is 569 g/mol. The number of para-hydroxylation sites is 3. The molecule has 0 bridgehead atoms. The molecule has 0 amide bonds. The van der Waals surface area contributed by atoms with Gasteiger partial charge in [0.05, 0.1) is 24.7 Å². The minimum atomic E-state index is -0.458. The number of rotatable bonds is 5. The Morgan fingerprint density at radius 1 is 0.404 bits per heavy atom. The van der Waals surface area contributed by atoms with Crippen LogP contribution < -0.4 is 0 Å². The van der Waals surface area contributed by atoms with Gasteiger partial charge in [-0.1, -0.05) is 158 Å². The molecule has 0 saturated carbocycles. The third kappa shape index (κ3) is 4.62. The second-order valence-electron chi connectivity index (χ2n) is 11.2. The minimum absolute atomic E-state index is 0.0303. The first kappa shape index (κ1) is 18.7. The molecule has 1 heterocycles. The Morgan fingerprint density at radius 3 is 1.40 bits per heavy atom. The highest BCUT2D eigenvalue weighted by molar-refractivity contribution is 6.21. The van der Waals surface area contributed by atoms with Gasteiger partial charge in [-0.05, 0) is 79.1 Å². The van der Waals surface area contributed by atoms with Crippen LogP contribution in [0, 0.1) is 0 Å². The largest absolute Gasteiger partial charge is 0.292 e. The van der Waals surface area contributed by atoms with Crippen molar-refractivity contribution in [1.82, 2.24) is 9.55 Å². The minimum Gasteiger partial charge on any atom is -0.292 e. The van der Waals surface area contributed by atoms with E-state index in [4.69, 9.17) is 18.7 Å². The molecule has 2 nitrogen and oxygen atoms in total. The zero-order chi connectivity index (χ0) is 39.9. The number of fused-ring (bicyclic) bond motifs is 3. The van der Waals surface area contributed by atoms with E-state index in [-0.39, 0.29) is 47.5 Å². The van der Waals surface area contributed by atoms with Crippen molar-refractivity contribution < 1.29 is 13.7 Å². The molecule has 0 spiro atoms. The molecule has 1 aromatic heterocycles. The molecule has 0 N–H and O–H groups in total. The quantitative estimate of drug-likeness (QED) is 0.178. The molecule has 0 aliphatic rings. The monoisotopic (exact) mass is 608 g/mol. The van der Waals surface area contributed by atoms with E-state index >= 15 is 0 Å². The number of hydrogen-bond acceptors (Lipinski definition) is 1. The Morgan fingerprint density at radius 2 is 0.851 bits per heavy atom. The van der Waals surface area contributed by atoms with Gasteiger partial charge in [-0.2, -0.15) is 0 Å². The molecule has 0 saturated heterocycles. The van der Waals surface area contributed by atoms with Gasteiger partial charge in [0.15, 0.2) is 0 Å². The normalized spacial score (nSPS) is 14.4. The van der Waals surface area contributed by atoms with Gasteiger partial charge in [-0.3, -0.25) is 4.57 Å². The summed E-state index contributed by atoms with van der Waals surface area (Å²) < 4.78 is 85.3. The third-order valence-corrected chi connectivity index (χ3v) is 8.60. The lowest BCUT2D eigenvalue weighted by atomic mass is 9.85. The lowest BCUT2D eigenvalue weighted by Gasteiger charge is -2.18. The van der Waals surface area contributed by atoms with E-state index in [1.54, 1.807) is 16.7 Å². The lowest BCUT2D eigenvalue weighted by Crippen LogP contribution is -1.97. The molecule has 8 aromatic carbocycles. The fourth-order valence-corrected chi connectivity index (χ4v) is 6.54. The first-order valence-corrected chi connectivity index (χ1v) is 15.2. The van der Waals surface area contributed by atoms with Gasteiger partial charge in [0.25, 0.3) is 0 Å². The van der Waals surface area contributed by atoms with E-state index in [0.29, 0.717) is 28.0 Å². The molecule has 0 aliphatic heterocycles. The summed E-state index contributed by atoms with van der Waals surface area (Å²) in [6, 6.07) is 35.5. The Kier molecular flexibility index (Phi) is 4.48. The van der Waals surface area contributed by atoms with E-state index in [9.17, 15) is 0 Å². The number of nitrogens with zero attached hydrogens (tertiary/aromatic N) is 2. The van der Waals surface area contributed by atoms with Crippen LogP contribution in [0.1, 0.15) is 13.7 Å². The second-order valence-corrected chi connectivity index (χ2v) is 11.2. The smallest absolute Gasteiger partial charge is 0.145 e. The molecule has 9 aromatic rings. The summed E-state index contributed by atoms with van der Waals surface area (Å²) >= 11 is 0. The summed E-state index contributed by atoms with van der Waals surface area (Å²) in [5, 5.41) is 4.04. The van der Waals surface area contributed by atoms with Gasteiger partial charge < -0.3 is 0 Å². The maximum absolute atomic E-state index is 8.76. The molecule has 47 heavy (non-hydrogen) atoms. The van der Waals surface area contributed by atoms with Gasteiger partial charge in [-0.15, -0.1) is 0 Å². The van der Waals surface area contributed by atoms with Crippen LogP contribution in [0.3, 0.4) is 0 Å². The van der Waals surface area contributed by atoms with Crippen molar-refractivity contribution in [1.29, 1.82) is 0 Å².